The fraction of sp³-hybridized carbons (Fsp3) is 0.526. The first-order valence-electron chi connectivity index (χ1n) is 9.08. The summed E-state index contributed by atoms with van der Waals surface area (Å²) in [6.45, 7) is 1.45. The number of benzene rings is 1. The van der Waals surface area contributed by atoms with E-state index in [1.807, 2.05) is 6.07 Å². The molecule has 2 N–H and O–H groups in total. The minimum atomic E-state index is -0.216. The van der Waals surface area contributed by atoms with E-state index in [2.05, 4.69) is 15.6 Å². The average molecular weight is 488 g/mol. The van der Waals surface area contributed by atoms with Crippen LogP contribution in [-0.4, -0.2) is 49.4 Å². The highest BCUT2D eigenvalue weighted by Gasteiger charge is 2.44. The summed E-state index contributed by atoms with van der Waals surface area (Å²) in [7, 11) is 1.67. The van der Waals surface area contributed by atoms with Crippen LogP contribution in [-0.2, 0) is 15.0 Å². The van der Waals surface area contributed by atoms with Crippen molar-refractivity contribution in [2.45, 2.75) is 37.5 Å². The first-order valence-corrected chi connectivity index (χ1v) is 9.08. The van der Waals surface area contributed by atoms with Crippen molar-refractivity contribution in [3.05, 3.63) is 35.6 Å². The minimum absolute atomic E-state index is 0. The number of carbonyl (C=O) groups excluding carboxylic acids is 2. The SMILES string of the molecule is CN=C(NCCN1C(=O)CCCC1=O)NCC1(c2cccc(F)c2)CC1.I. The van der Waals surface area contributed by atoms with Gasteiger partial charge in [0.1, 0.15) is 5.82 Å². The molecule has 0 unspecified atom stereocenters. The molecule has 1 aliphatic heterocycles. The second-order valence-electron chi connectivity index (χ2n) is 6.94. The summed E-state index contributed by atoms with van der Waals surface area (Å²) in [6, 6.07) is 6.75. The highest BCUT2D eigenvalue weighted by molar-refractivity contribution is 14.0. The molecule has 6 nitrogen and oxygen atoms in total. The van der Waals surface area contributed by atoms with E-state index in [1.54, 1.807) is 19.2 Å². The highest BCUT2D eigenvalue weighted by Crippen LogP contribution is 2.47. The van der Waals surface area contributed by atoms with Crippen molar-refractivity contribution in [1.29, 1.82) is 0 Å². The zero-order chi connectivity index (χ0) is 18.6. The Labute approximate surface area is 176 Å². The lowest BCUT2D eigenvalue weighted by atomic mass is 9.96. The molecule has 3 rings (SSSR count). The molecule has 0 radical (unpaired) electrons. The van der Waals surface area contributed by atoms with Crippen LogP contribution in [0.15, 0.2) is 29.3 Å². The van der Waals surface area contributed by atoms with Crippen LogP contribution in [0.25, 0.3) is 0 Å². The Bertz CT molecular complexity index is 705. The van der Waals surface area contributed by atoms with E-state index in [1.165, 1.54) is 11.0 Å². The maximum atomic E-state index is 13.5. The third kappa shape index (κ3) is 5.40. The average Bonchev–Trinajstić information content (AvgIpc) is 3.41. The van der Waals surface area contributed by atoms with Crippen molar-refractivity contribution in [1.82, 2.24) is 15.5 Å². The Morgan fingerprint density at radius 2 is 1.93 bits per heavy atom. The molecule has 0 aromatic heterocycles. The molecule has 1 aromatic carbocycles. The maximum absolute atomic E-state index is 13.5. The molecule has 1 saturated carbocycles. The van der Waals surface area contributed by atoms with E-state index < -0.39 is 0 Å². The number of piperidine rings is 1. The van der Waals surface area contributed by atoms with Crippen molar-refractivity contribution in [3.63, 3.8) is 0 Å². The number of guanidine groups is 1. The van der Waals surface area contributed by atoms with Gasteiger partial charge in [-0.15, -0.1) is 24.0 Å². The van der Waals surface area contributed by atoms with Gasteiger partial charge in [0.05, 0.1) is 0 Å². The minimum Gasteiger partial charge on any atom is -0.356 e. The molecule has 1 saturated heterocycles. The van der Waals surface area contributed by atoms with Crippen LogP contribution in [0.3, 0.4) is 0 Å². The Balaban J connectivity index is 0.00000261. The van der Waals surface area contributed by atoms with E-state index in [9.17, 15) is 14.0 Å². The number of nitrogens with zero attached hydrogens (tertiary/aromatic N) is 2. The van der Waals surface area contributed by atoms with Gasteiger partial charge in [0.25, 0.3) is 0 Å². The summed E-state index contributed by atoms with van der Waals surface area (Å²) in [6.07, 6.45) is 3.55. The van der Waals surface area contributed by atoms with Crippen LogP contribution in [0.1, 0.15) is 37.7 Å². The number of hydrogen-bond acceptors (Lipinski definition) is 3. The molecule has 27 heavy (non-hydrogen) atoms. The normalized spacial score (nSPS) is 18.7. The predicted molar refractivity (Wildman–Crippen MR) is 113 cm³/mol. The van der Waals surface area contributed by atoms with Crippen molar-refractivity contribution in [3.8, 4) is 0 Å². The van der Waals surface area contributed by atoms with Crippen molar-refractivity contribution in [2.24, 2.45) is 4.99 Å². The summed E-state index contributed by atoms with van der Waals surface area (Å²) in [5.74, 6) is 0.194. The first-order chi connectivity index (χ1) is 12.5. The van der Waals surface area contributed by atoms with Crippen LogP contribution in [0.4, 0.5) is 4.39 Å². The van der Waals surface area contributed by atoms with Gasteiger partial charge in [0.2, 0.25) is 11.8 Å². The Morgan fingerprint density at radius 1 is 1.22 bits per heavy atom. The summed E-state index contributed by atoms with van der Waals surface area (Å²) >= 11 is 0. The zero-order valence-electron chi connectivity index (χ0n) is 15.5. The monoisotopic (exact) mass is 488 g/mol. The molecule has 0 atom stereocenters. The lowest BCUT2D eigenvalue weighted by Crippen LogP contribution is -2.47. The van der Waals surface area contributed by atoms with Crippen LogP contribution in [0, 0.1) is 5.82 Å². The van der Waals surface area contributed by atoms with E-state index in [4.69, 9.17) is 0 Å². The number of likely N-dealkylation sites (tertiary alicyclic amines) is 1. The van der Waals surface area contributed by atoms with Crippen molar-refractivity contribution < 1.29 is 14.0 Å². The number of rotatable bonds is 6. The van der Waals surface area contributed by atoms with Crippen molar-refractivity contribution in [2.75, 3.05) is 26.7 Å². The van der Waals surface area contributed by atoms with E-state index in [-0.39, 0.29) is 47.0 Å². The van der Waals surface area contributed by atoms with E-state index in [0.29, 0.717) is 44.9 Å². The Morgan fingerprint density at radius 3 is 2.52 bits per heavy atom. The van der Waals surface area contributed by atoms with Gasteiger partial charge >= 0.3 is 0 Å². The highest BCUT2D eigenvalue weighted by atomic mass is 127. The number of amides is 2. The fourth-order valence-electron chi connectivity index (χ4n) is 3.35. The largest absolute Gasteiger partial charge is 0.356 e. The standard InChI is InChI=1S/C19H25FN4O2.HI/c1-21-18(22-10-11-24-16(25)6-3-7-17(24)26)23-13-19(8-9-19)14-4-2-5-15(20)12-14;/h2,4-5,12H,3,6-11,13H2,1H3,(H2,21,22,23);1H. The van der Waals surface area contributed by atoms with E-state index >= 15 is 0 Å². The zero-order valence-corrected chi connectivity index (χ0v) is 17.8. The molecule has 2 amide bonds. The quantitative estimate of drug-likeness (QED) is 0.279. The van der Waals surface area contributed by atoms with Crippen molar-refractivity contribution >= 4 is 41.8 Å². The van der Waals surface area contributed by atoms with Gasteiger partial charge in [-0.3, -0.25) is 19.5 Å². The summed E-state index contributed by atoms with van der Waals surface area (Å²) < 4.78 is 13.5. The predicted octanol–water partition coefficient (Wildman–Crippen LogP) is 2.18. The molecule has 2 aliphatic rings. The molecule has 8 heteroatoms. The van der Waals surface area contributed by atoms with Gasteiger partial charge < -0.3 is 10.6 Å². The van der Waals surface area contributed by atoms with Gasteiger partial charge in [0.15, 0.2) is 5.96 Å². The van der Waals surface area contributed by atoms with Crippen LogP contribution < -0.4 is 10.6 Å². The summed E-state index contributed by atoms with van der Waals surface area (Å²) in [5.41, 5.74) is 0.961. The first kappa shape index (κ1) is 21.6. The summed E-state index contributed by atoms with van der Waals surface area (Å²) in [5, 5.41) is 6.42. The fourth-order valence-corrected chi connectivity index (χ4v) is 3.35. The third-order valence-corrected chi connectivity index (χ3v) is 5.12. The lowest BCUT2D eigenvalue weighted by molar-refractivity contribution is -0.147. The topological polar surface area (TPSA) is 73.8 Å². The smallest absolute Gasteiger partial charge is 0.229 e. The Hall–Kier alpha value is -1.71. The van der Waals surface area contributed by atoms with Crippen LogP contribution in [0.2, 0.25) is 0 Å². The van der Waals surface area contributed by atoms with E-state index in [0.717, 1.165) is 18.4 Å². The van der Waals surface area contributed by atoms with Gasteiger partial charge in [0, 0.05) is 44.9 Å². The molecule has 1 aromatic rings. The van der Waals surface area contributed by atoms with Crippen LogP contribution >= 0.6 is 24.0 Å². The van der Waals surface area contributed by atoms with Gasteiger partial charge in [-0.1, -0.05) is 12.1 Å². The molecule has 1 aliphatic carbocycles. The van der Waals surface area contributed by atoms with Crippen LogP contribution in [0.5, 0.6) is 0 Å². The molecule has 0 spiro atoms. The maximum Gasteiger partial charge on any atom is 0.229 e. The number of halogens is 2. The number of carbonyl (C=O) groups is 2. The number of hydrogen-bond donors (Lipinski definition) is 2. The molecular weight excluding hydrogens is 462 g/mol. The number of imide groups is 1. The number of aliphatic imine (C=N–C) groups is 1. The second-order valence-corrected chi connectivity index (χ2v) is 6.94. The molecule has 2 fully saturated rings. The molecular formula is C19H26FIN4O2. The second kappa shape index (κ2) is 9.48. The molecule has 148 valence electrons. The number of nitrogens with one attached hydrogen (secondary N) is 2. The van der Waals surface area contributed by atoms with Gasteiger partial charge in [-0.2, -0.15) is 0 Å². The summed E-state index contributed by atoms with van der Waals surface area (Å²) in [4.78, 5) is 29.1. The van der Waals surface area contributed by atoms with Gasteiger partial charge in [-0.25, -0.2) is 4.39 Å². The lowest BCUT2D eigenvalue weighted by Gasteiger charge is -2.25. The van der Waals surface area contributed by atoms with Gasteiger partial charge in [-0.05, 0) is 37.0 Å². The third-order valence-electron chi connectivity index (χ3n) is 5.12. The molecule has 0 bridgehead atoms. The molecule has 1 heterocycles. The Kier molecular flexibility index (Phi) is 7.58.